The monoisotopic (exact) mass is 387 g/mol. The molecule has 1 amide bonds. The van der Waals surface area contributed by atoms with Gasteiger partial charge in [0.25, 0.3) is 5.91 Å². The first-order valence-electron chi connectivity index (χ1n) is 6.79. The van der Waals surface area contributed by atoms with E-state index in [0.29, 0.717) is 22.6 Å². The van der Waals surface area contributed by atoms with Crippen molar-refractivity contribution in [1.82, 2.24) is 9.78 Å². The Morgan fingerprint density at radius 3 is 2.77 bits per heavy atom. The highest BCUT2D eigenvalue weighted by Gasteiger charge is 2.21. The fourth-order valence-corrected chi connectivity index (χ4v) is 2.72. The van der Waals surface area contributed by atoms with E-state index in [0.717, 1.165) is 0 Å². The molecule has 0 saturated heterocycles. The van der Waals surface area contributed by atoms with Crippen molar-refractivity contribution in [3.63, 3.8) is 0 Å². The summed E-state index contributed by atoms with van der Waals surface area (Å²) in [6, 6.07) is 4.42. The molecule has 1 heterocycles. The quantitative estimate of drug-likeness (QED) is 0.828. The highest BCUT2D eigenvalue weighted by Crippen LogP contribution is 2.24. The summed E-state index contributed by atoms with van der Waals surface area (Å²) >= 11 is 9.41. The van der Waals surface area contributed by atoms with Gasteiger partial charge in [-0.25, -0.2) is 4.39 Å². The minimum atomic E-state index is -0.522. The van der Waals surface area contributed by atoms with Crippen molar-refractivity contribution in [1.29, 1.82) is 0 Å². The normalized spacial score (nSPS) is 11.0. The van der Waals surface area contributed by atoms with Crippen LogP contribution in [0, 0.1) is 18.7 Å². The summed E-state index contributed by atoms with van der Waals surface area (Å²) in [5.41, 5.74) is 0.880. The highest BCUT2D eigenvalue weighted by atomic mass is 79.9. The molecule has 2 rings (SSSR count). The predicted octanol–water partition coefficient (Wildman–Crippen LogP) is 4.65. The summed E-state index contributed by atoms with van der Waals surface area (Å²) in [4.78, 5) is 12.4. The van der Waals surface area contributed by atoms with Crippen LogP contribution in [0.15, 0.2) is 22.7 Å². The number of halogens is 3. The van der Waals surface area contributed by atoms with Gasteiger partial charge in [0.2, 0.25) is 0 Å². The highest BCUT2D eigenvalue weighted by molar-refractivity contribution is 9.10. The molecule has 0 aliphatic rings. The van der Waals surface area contributed by atoms with Crippen LogP contribution < -0.4 is 5.32 Å². The first kappa shape index (κ1) is 17.0. The second-order valence-corrected chi connectivity index (χ2v) is 6.68. The van der Waals surface area contributed by atoms with E-state index in [4.69, 9.17) is 11.6 Å². The van der Waals surface area contributed by atoms with Crippen LogP contribution in [0.1, 0.15) is 29.9 Å². The van der Waals surface area contributed by atoms with Crippen LogP contribution >= 0.6 is 27.5 Å². The molecule has 0 bridgehead atoms. The molecule has 118 valence electrons. The molecule has 0 saturated carbocycles. The Labute approximate surface area is 141 Å². The number of rotatable bonds is 4. The zero-order chi connectivity index (χ0) is 16.4. The van der Waals surface area contributed by atoms with E-state index in [-0.39, 0.29) is 16.4 Å². The van der Waals surface area contributed by atoms with Gasteiger partial charge >= 0.3 is 0 Å². The maximum Gasteiger partial charge on any atom is 0.260 e. The standard InChI is InChI=1S/C15H16BrClFN3O/c1-8(2)7-21-14(17)13(9(3)20-21)15(22)19-12-5-4-10(16)6-11(12)18/h4-6,8H,7H2,1-3H3,(H,19,22). The number of nitrogens with zero attached hydrogens (tertiary/aromatic N) is 2. The molecule has 0 aliphatic heterocycles. The van der Waals surface area contributed by atoms with Crippen molar-refractivity contribution >= 4 is 39.1 Å². The van der Waals surface area contributed by atoms with Crippen LogP contribution in [0.25, 0.3) is 0 Å². The first-order valence-corrected chi connectivity index (χ1v) is 7.96. The minimum absolute atomic E-state index is 0.0975. The molecule has 0 unspecified atom stereocenters. The number of nitrogens with one attached hydrogen (secondary N) is 1. The molecule has 1 N–H and O–H groups in total. The van der Waals surface area contributed by atoms with Gasteiger partial charge in [-0.1, -0.05) is 41.4 Å². The molecule has 0 aliphatic carbocycles. The van der Waals surface area contributed by atoms with Gasteiger partial charge in [0.15, 0.2) is 0 Å². The molecule has 2 aromatic rings. The van der Waals surface area contributed by atoms with E-state index in [2.05, 4.69) is 26.3 Å². The third-order valence-electron chi connectivity index (χ3n) is 3.01. The van der Waals surface area contributed by atoms with Crippen molar-refractivity contribution in [2.75, 3.05) is 5.32 Å². The Balaban J connectivity index is 2.28. The Hall–Kier alpha value is -1.40. The lowest BCUT2D eigenvalue weighted by Crippen LogP contribution is -2.14. The van der Waals surface area contributed by atoms with E-state index in [1.807, 2.05) is 13.8 Å². The number of amides is 1. The third-order valence-corrected chi connectivity index (χ3v) is 3.89. The van der Waals surface area contributed by atoms with Gasteiger partial charge < -0.3 is 5.32 Å². The van der Waals surface area contributed by atoms with Gasteiger partial charge in [0.1, 0.15) is 11.0 Å². The summed E-state index contributed by atoms with van der Waals surface area (Å²) in [6.07, 6.45) is 0. The van der Waals surface area contributed by atoms with E-state index in [1.165, 1.54) is 12.1 Å². The SMILES string of the molecule is Cc1nn(CC(C)C)c(Cl)c1C(=O)Nc1ccc(Br)cc1F. The Bertz CT molecular complexity index is 715. The smallest absolute Gasteiger partial charge is 0.260 e. The molecule has 7 heteroatoms. The minimum Gasteiger partial charge on any atom is -0.319 e. The Morgan fingerprint density at radius 1 is 1.50 bits per heavy atom. The lowest BCUT2D eigenvalue weighted by molar-refractivity contribution is 0.102. The van der Waals surface area contributed by atoms with Crippen molar-refractivity contribution < 1.29 is 9.18 Å². The fourth-order valence-electron chi connectivity index (χ4n) is 2.05. The number of aryl methyl sites for hydroxylation is 1. The van der Waals surface area contributed by atoms with Gasteiger partial charge in [-0.05, 0) is 31.0 Å². The van der Waals surface area contributed by atoms with Crippen molar-refractivity contribution in [3.8, 4) is 0 Å². The Kier molecular flexibility index (Phi) is 5.24. The number of aromatic nitrogens is 2. The summed E-state index contributed by atoms with van der Waals surface area (Å²) in [5.74, 6) is -0.651. The van der Waals surface area contributed by atoms with Crippen LogP contribution in [0.5, 0.6) is 0 Å². The number of hydrogen-bond donors (Lipinski definition) is 1. The van der Waals surface area contributed by atoms with Gasteiger partial charge in [-0.2, -0.15) is 5.10 Å². The van der Waals surface area contributed by atoms with Crippen LogP contribution in [0.2, 0.25) is 5.15 Å². The van der Waals surface area contributed by atoms with Crippen LogP contribution in [-0.2, 0) is 6.54 Å². The average molecular weight is 389 g/mol. The topological polar surface area (TPSA) is 46.9 Å². The van der Waals surface area contributed by atoms with Gasteiger partial charge in [0, 0.05) is 11.0 Å². The fraction of sp³-hybridized carbons (Fsp3) is 0.333. The lowest BCUT2D eigenvalue weighted by atomic mass is 10.2. The molecule has 0 radical (unpaired) electrons. The van der Waals surface area contributed by atoms with E-state index >= 15 is 0 Å². The lowest BCUT2D eigenvalue weighted by Gasteiger charge is -2.08. The number of benzene rings is 1. The molecule has 22 heavy (non-hydrogen) atoms. The van der Waals surface area contributed by atoms with Crippen LogP contribution in [0.4, 0.5) is 10.1 Å². The molecule has 0 atom stereocenters. The summed E-state index contributed by atoms with van der Waals surface area (Å²) in [5, 5.41) is 7.07. The zero-order valence-corrected chi connectivity index (χ0v) is 14.8. The number of anilines is 1. The van der Waals surface area contributed by atoms with Crippen molar-refractivity contribution in [2.24, 2.45) is 5.92 Å². The van der Waals surface area contributed by atoms with Crippen molar-refractivity contribution in [3.05, 3.63) is 44.9 Å². The van der Waals surface area contributed by atoms with Gasteiger partial charge in [-0.3, -0.25) is 9.48 Å². The maximum absolute atomic E-state index is 13.8. The first-order chi connectivity index (χ1) is 10.3. The number of hydrogen-bond acceptors (Lipinski definition) is 2. The van der Waals surface area contributed by atoms with Gasteiger partial charge in [-0.15, -0.1) is 0 Å². The van der Waals surface area contributed by atoms with E-state index in [9.17, 15) is 9.18 Å². The number of carbonyl (C=O) groups excluding carboxylic acids is 1. The molecular weight excluding hydrogens is 373 g/mol. The molecule has 4 nitrogen and oxygen atoms in total. The van der Waals surface area contributed by atoms with Gasteiger partial charge in [0.05, 0.1) is 16.9 Å². The third kappa shape index (κ3) is 3.67. The van der Waals surface area contributed by atoms with Crippen molar-refractivity contribution in [2.45, 2.75) is 27.3 Å². The summed E-state index contributed by atoms with van der Waals surface area (Å²) in [6.45, 7) is 6.38. The largest absolute Gasteiger partial charge is 0.319 e. The number of carbonyl (C=O) groups is 1. The Morgan fingerprint density at radius 2 is 2.18 bits per heavy atom. The van der Waals surface area contributed by atoms with E-state index in [1.54, 1.807) is 17.7 Å². The summed E-state index contributed by atoms with van der Waals surface area (Å²) < 4.78 is 16.0. The molecular formula is C15H16BrClFN3O. The predicted molar refractivity (Wildman–Crippen MR) is 88.9 cm³/mol. The zero-order valence-electron chi connectivity index (χ0n) is 12.5. The van der Waals surface area contributed by atoms with Crippen LogP contribution in [0.3, 0.4) is 0 Å². The second kappa shape index (κ2) is 6.79. The second-order valence-electron chi connectivity index (χ2n) is 5.41. The molecule has 1 aromatic carbocycles. The average Bonchev–Trinajstić information content (AvgIpc) is 2.67. The molecule has 0 fully saturated rings. The summed E-state index contributed by atoms with van der Waals surface area (Å²) in [7, 11) is 0. The van der Waals surface area contributed by atoms with E-state index < -0.39 is 11.7 Å². The van der Waals surface area contributed by atoms with Crippen LogP contribution in [-0.4, -0.2) is 15.7 Å². The molecule has 0 spiro atoms. The molecule has 1 aromatic heterocycles. The maximum atomic E-state index is 13.8.